The number of anilines is 1. The molecule has 0 aliphatic heterocycles. The Bertz CT molecular complexity index is 1010. The van der Waals surface area contributed by atoms with E-state index in [0.717, 1.165) is 41.2 Å². The van der Waals surface area contributed by atoms with Crippen molar-refractivity contribution in [3.05, 3.63) is 71.5 Å². The summed E-state index contributed by atoms with van der Waals surface area (Å²) >= 11 is 0. The van der Waals surface area contributed by atoms with Crippen molar-refractivity contribution in [3.63, 3.8) is 0 Å². The number of carbonyl (C=O) groups excluding carboxylic acids is 1. The van der Waals surface area contributed by atoms with Crippen LogP contribution >= 0.6 is 0 Å². The van der Waals surface area contributed by atoms with Gasteiger partial charge in [-0.05, 0) is 30.3 Å². The fraction of sp³-hybridized carbons (Fsp3) is 0.118. The van der Waals surface area contributed by atoms with Gasteiger partial charge in [-0.15, -0.1) is 5.10 Å². The Labute approximate surface area is 153 Å². The molecule has 0 fully saturated rings. The van der Waals surface area contributed by atoms with E-state index >= 15 is 0 Å². The molecule has 0 aliphatic rings. The Morgan fingerprint density at radius 2 is 1.64 bits per heavy atom. The van der Waals surface area contributed by atoms with Crippen LogP contribution in [0.3, 0.4) is 0 Å². The van der Waals surface area contributed by atoms with Crippen LogP contribution in [-0.4, -0.2) is 20.9 Å². The van der Waals surface area contributed by atoms with Gasteiger partial charge in [0.1, 0.15) is 0 Å². The van der Waals surface area contributed by atoms with Gasteiger partial charge in [-0.2, -0.15) is 26.3 Å². The molecule has 0 unspecified atom stereocenters. The first-order valence-electron chi connectivity index (χ1n) is 7.63. The van der Waals surface area contributed by atoms with Crippen molar-refractivity contribution in [1.29, 1.82) is 0 Å². The van der Waals surface area contributed by atoms with Crippen LogP contribution in [0.1, 0.15) is 21.6 Å². The third-order valence-electron chi connectivity index (χ3n) is 3.63. The molecule has 3 aromatic rings. The molecule has 0 saturated carbocycles. The lowest BCUT2D eigenvalue weighted by Crippen LogP contribution is -2.13. The van der Waals surface area contributed by atoms with Crippen molar-refractivity contribution < 1.29 is 31.1 Å². The van der Waals surface area contributed by atoms with Gasteiger partial charge in [0, 0.05) is 5.69 Å². The van der Waals surface area contributed by atoms with E-state index in [4.69, 9.17) is 0 Å². The molecular formula is C17H10F6N4O. The number of benzene rings is 2. The number of rotatable bonds is 3. The smallest absolute Gasteiger partial charge is 0.321 e. The second kappa shape index (κ2) is 6.98. The number of nitrogens with zero attached hydrogens (tertiary/aromatic N) is 3. The summed E-state index contributed by atoms with van der Waals surface area (Å²) in [6.45, 7) is 0. The Hall–Kier alpha value is -3.37. The van der Waals surface area contributed by atoms with Crippen molar-refractivity contribution >= 4 is 11.6 Å². The summed E-state index contributed by atoms with van der Waals surface area (Å²) in [6, 6.07) is 8.44. The molecule has 0 spiro atoms. The van der Waals surface area contributed by atoms with Crippen LogP contribution in [0.5, 0.6) is 0 Å². The zero-order valence-electron chi connectivity index (χ0n) is 13.7. The molecule has 0 aliphatic carbocycles. The van der Waals surface area contributed by atoms with E-state index in [-0.39, 0.29) is 17.1 Å². The van der Waals surface area contributed by atoms with Crippen molar-refractivity contribution in [2.24, 2.45) is 0 Å². The Morgan fingerprint density at radius 1 is 0.929 bits per heavy atom. The first-order chi connectivity index (χ1) is 13.1. The van der Waals surface area contributed by atoms with Gasteiger partial charge in [-0.3, -0.25) is 4.79 Å². The van der Waals surface area contributed by atoms with Gasteiger partial charge < -0.3 is 5.32 Å². The fourth-order valence-corrected chi connectivity index (χ4v) is 2.37. The summed E-state index contributed by atoms with van der Waals surface area (Å²) in [7, 11) is 0. The predicted octanol–water partition coefficient (Wildman–Crippen LogP) is 4.56. The number of para-hydroxylation sites is 1. The zero-order chi connectivity index (χ0) is 20.5. The summed E-state index contributed by atoms with van der Waals surface area (Å²) in [5, 5.41) is 9.20. The van der Waals surface area contributed by atoms with E-state index in [2.05, 4.69) is 15.6 Å². The van der Waals surface area contributed by atoms with Crippen LogP contribution in [0.4, 0.5) is 32.0 Å². The van der Waals surface area contributed by atoms with Crippen LogP contribution in [0.25, 0.3) is 5.69 Å². The highest BCUT2D eigenvalue weighted by atomic mass is 19.4. The topological polar surface area (TPSA) is 59.8 Å². The monoisotopic (exact) mass is 400 g/mol. The largest absolute Gasteiger partial charge is 0.418 e. The number of hydrogen-bond donors (Lipinski definition) is 1. The Balaban J connectivity index is 1.85. The average molecular weight is 400 g/mol. The molecule has 1 aromatic heterocycles. The van der Waals surface area contributed by atoms with Crippen LogP contribution in [0, 0.1) is 0 Å². The van der Waals surface area contributed by atoms with Crippen molar-refractivity contribution in [3.8, 4) is 5.69 Å². The minimum absolute atomic E-state index is 0.148. The highest BCUT2D eigenvalue weighted by Gasteiger charge is 2.34. The van der Waals surface area contributed by atoms with E-state index in [9.17, 15) is 31.1 Å². The third-order valence-corrected chi connectivity index (χ3v) is 3.63. The average Bonchev–Trinajstić information content (AvgIpc) is 3.11. The lowest BCUT2D eigenvalue weighted by Gasteiger charge is -2.11. The molecule has 5 nitrogen and oxygen atoms in total. The number of hydrogen-bond acceptors (Lipinski definition) is 3. The molecule has 2 aromatic carbocycles. The van der Waals surface area contributed by atoms with Gasteiger partial charge in [0.15, 0.2) is 5.69 Å². The van der Waals surface area contributed by atoms with Crippen molar-refractivity contribution in [1.82, 2.24) is 15.0 Å². The normalized spacial score (nSPS) is 12.1. The third kappa shape index (κ3) is 4.13. The summed E-state index contributed by atoms with van der Waals surface area (Å²) in [5.74, 6) is -0.921. The van der Waals surface area contributed by atoms with Gasteiger partial charge in [-0.1, -0.05) is 23.4 Å². The SMILES string of the molecule is O=C(Nc1cccc(C(F)(F)F)c1)c1cn(-c2ccccc2C(F)(F)F)nn1. The van der Waals surface area contributed by atoms with Crippen LogP contribution < -0.4 is 5.32 Å². The molecule has 3 rings (SSSR count). The maximum atomic E-state index is 13.1. The highest BCUT2D eigenvalue weighted by molar-refractivity contribution is 6.02. The minimum Gasteiger partial charge on any atom is -0.321 e. The van der Waals surface area contributed by atoms with E-state index in [1.165, 1.54) is 18.2 Å². The number of alkyl halides is 6. The van der Waals surface area contributed by atoms with Gasteiger partial charge in [-0.25, -0.2) is 4.68 Å². The molecule has 11 heteroatoms. The van der Waals surface area contributed by atoms with E-state index < -0.39 is 29.4 Å². The number of carbonyl (C=O) groups is 1. The molecule has 0 atom stereocenters. The zero-order valence-corrected chi connectivity index (χ0v) is 13.7. The fourth-order valence-electron chi connectivity index (χ4n) is 2.37. The summed E-state index contributed by atoms with van der Waals surface area (Å²) < 4.78 is 78.2. The maximum absolute atomic E-state index is 13.1. The lowest BCUT2D eigenvalue weighted by molar-refractivity contribution is -0.138. The van der Waals surface area contributed by atoms with Crippen LogP contribution in [0.2, 0.25) is 0 Å². The lowest BCUT2D eigenvalue weighted by atomic mass is 10.1. The van der Waals surface area contributed by atoms with E-state index in [1.807, 2.05) is 0 Å². The van der Waals surface area contributed by atoms with Gasteiger partial charge >= 0.3 is 12.4 Å². The maximum Gasteiger partial charge on any atom is 0.418 e. The minimum atomic E-state index is -4.65. The van der Waals surface area contributed by atoms with Crippen LogP contribution in [-0.2, 0) is 12.4 Å². The summed E-state index contributed by atoms with van der Waals surface area (Å²) in [5.41, 5.74) is -2.81. The highest BCUT2D eigenvalue weighted by Crippen LogP contribution is 2.33. The number of nitrogens with one attached hydrogen (secondary N) is 1. The Morgan fingerprint density at radius 3 is 2.32 bits per heavy atom. The molecule has 0 saturated heterocycles. The van der Waals surface area contributed by atoms with Crippen molar-refractivity contribution in [2.45, 2.75) is 12.4 Å². The van der Waals surface area contributed by atoms with Crippen LogP contribution in [0.15, 0.2) is 54.7 Å². The van der Waals surface area contributed by atoms with Gasteiger partial charge in [0.25, 0.3) is 5.91 Å². The molecule has 1 N–H and O–H groups in total. The number of aromatic nitrogens is 3. The van der Waals surface area contributed by atoms with Gasteiger partial charge in [0.05, 0.1) is 23.0 Å². The molecular weight excluding hydrogens is 390 g/mol. The molecule has 146 valence electrons. The molecule has 1 amide bonds. The first-order valence-corrected chi connectivity index (χ1v) is 7.63. The number of halogens is 6. The van der Waals surface area contributed by atoms with Gasteiger partial charge in [0.2, 0.25) is 0 Å². The predicted molar refractivity (Wildman–Crippen MR) is 85.8 cm³/mol. The van der Waals surface area contributed by atoms with E-state index in [1.54, 1.807) is 0 Å². The molecule has 28 heavy (non-hydrogen) atoms. The van der Waals surface area contributed by atoms with E-state index in [0.29, 0.717) is 0 Å². The second-order valence-electron chi connectivity index (χ2n) is 5.60. The second-order valence-corrected chi connectivity index (χ2v) is 5.60. The molecule has 0 radical (unpaired) electrons. The summed E-state index contributed by atoms with van der Waals surface area (Å²) in [4.78, 5) is 12.2. The number of amides is 1. The first kappa shape index (κ1) is 19.4. The Kier molecular flexibility index (Phi) is 4.84. The molecule has 0 bridgehead atoms. The quantitative estimate of drug-likeness (QED) is 0.656. The standard InChI is InChI=1S/C17H10F6N4O/c18-16(19,20)10-4-3-5-11(8-10)24-15(28)13-9-27(26-25-13)14-7-2-1-6-12(14)17(21,22)23/h1-9H,(H,24,28). The molecule has 1 heterocycles. The summed E-state index contributed by atoms with van der Waals surface area (Å²) in [6.07, 6.45) is -8.29. The van der Waals surface area contributed by atoms with Crippen molar-refractivity contribution in [2.75, 3.05) is 5.32 Å².